The Bertz CT molecular complexity index is 1250. The number of benzene rings is 1. The van der Waals surface area contributed by atoms with Crippen molar-refractivity contribution >= 4 is 40.8 Å². The largest absolute Gasteiger partial charge is 0.416 e. The Morgan fingerprint density at radius 2 is 1.91 bits per heavy atom. The molecule has 0 aliphatic carbocycles. The molecule has 1 amide bonds. The highest BCUT2D eigenvalue weighted by atomic mass is 35.5. The van der Waals surface area contributed by atoms with Crippen LogP contribution >= 0.6 is 25.1 Å². The quantitative estimate of drug-likeness (QED) is 0.567. The topological polar surface area (TPSA) is 107 Å². The van der Waals surface area contributed by atoms with Crippen LogP contribution in [0.3, 0.4) is 0 Å². The zero-order chi connectivity index (χ0) is 23.0. The minimum atomic E-state index is -4.66. The summed E-state index contributed by atoms with van der Waals surface area (Å²) in [6.45, 7) is 1.54. The summed E-state index contributed by atoms with van der Waals surface area (Å²) in [6.07, 6.45) is -2.49. The van der Waals surface area contributed by atoms with E-state index in [0.29, 0.717) is 6.07 Å². The Kier molecular flexibility index (Phi) is 7.58. The molecule has 0 unspecified atom stereocenters. The van der Waals surface area contributed by atoms with E-state index >= 15 is 0 Å². The van der Waals surface area contributed by atoms with E-state index in [4.69, 9.17) is 11.6 Å². The first-order valence-corrected chi connectivity index (χ1v) is 10.9. The van der Waals surface area contributed by atoms with Crippen LogP contribution in [-0.2, 0) is 16.0 Å². The number of hydrogen-bond acceptors (Lipinski definition) is 6. The lowest BCUT2D eigenvalue weighted by Gasteiger charge is -2.15. The smallest absolute Gasteiger partial charge is 0.342 e. The van der Waals surface area contributed by atoms with Crippen molar-refractivity contribution in [3.8, 4) is 5.82 Å². The van der Waals surface area contributed by atoms with E-state index in [1.54, 1.807) is 0 Å². The predicted octanol–water partition coefficient (Wildman–Crippen LogP) is 3.34. The lowest BCUT2D eigenvalue weighted by Crippen LogP contribution is -2.29. The van der Waals surface area contributed by atoms with E-state index in [2.05, 4.69) is 20.4 Å². The second-order valence-corrected chi connectivity index (χ2v) is 8.96. The van der Waals surface area contributed by atoms with Crippen molar-refractivity contribution < 1.29 is 26.4 Å². The zero-order valence-corrected chi connectivity index (χ0v) is 19.1. The molecule has 0 aliphatic heterocycles. The van der Waals surface area contributed by atoms with Crippen LogP contribution in [0.15, 0.2) is 47.8 Å². The van der Waals surface area contributed by atoms with Crippen LogP contribution in [0.4, 0.5) is 13.2 Å². The third-order valence-corrected chi connectivity index (χ3v) is 5.31. The number of alkyl halides is 3. The summed E-state index contributed by atoms with van der Waals surface area (Å²) in [5.74, 6) is -0.490. The highest BCUT2D eigenvalue weighted by Crippen LogP contribution is 2.32. The van der Waals surface area contributed by atoms with Gasteiger partial charge >= 0.3 is 6.18 Å². The van der Waals surface area contributed by atoms with Gasteiger partial charge < -0.3 is 5.32 Å². The van der Waals surface area contributed by atoms with Crippen molar-refractivity contribution in [2.45, 2.75) is 24.2 Å². The van der Waals surface area contributed by atoms with E-state index in [0.717, 1.165) is 18.4 Å². The van der Waals surface area contributed by atoms with E-state index < -0.39 is 33.5 Å². The summed E-state index contributed by atoms with van der Waals surface area (Å²) in [7, 11) is -3.57. The first-order valence-electron chi connectivity index (χ1n) is 8.62. The fraction of sp³-hybridized carbons (Fsp3) is 0.222. The second-order valence-electron chi connectivity index (χ2n) is 6.56. The van der Waals surface area contributed by atoms with E-state index in [9.17, 15) is 26.4 Å². The Morgan fingerprint density at radius 1 is 1.22 bits per heavy atom. The highest BCUT2D eigenvalue weighted by molar-refractivity contribution is 7.90. The van der Waals surface area contributed by atoms with Crippen LogP contribution in [0, 0.1) is 0 Å². The van der Waals surface area contributed by atoms with Crippen LogP contribution in [0.1, 0.15) is 34.7 Å². The number of aromatic nitrogens is 4. The molecule has 0 fully saturated rings. The number of pyridine rings is 1. The number of rotatable bonds is 5. The van der Waals surface area contributed by atoms with Gasteiger partial charge in [0.15, 0.2) is 26.5 Å². The molecule has 8 nitrogen and oxygen atoms in total. The first kappa shape index (κ1) is 25.6. The summed E-state index contributed by atoms with van der Waals surface area (Å²) in [5.41, 5.74) is -1.34. The number of hydrogen-bond donors (Lipinski definition) is 1. The average molecular weight is 508 g/mol. The van der Waals surface area contributed by atoms with Crippen LogP contribution in [0.2, 0.25) is 5.02 Å². The molecule has 172 valence electrons. The summed E-state index contributed by atoms with van der Waals surface area (Å²) in [6, 6.07) is 5.99. The van der Waals surface area contributed by atoms with Crippen molar-refractivity contribution in [3.63, 3.8) is 0 Å². The number of nitrogens with zero attached hydrogens (tertiary/aromatic N) is 4. The molecule has 0 aliphatic rings. The maximum Gasteiger partial charge on any atom is 0.416 e. The molecule has 3 rings (SSSR count). The maximum atomic E-state index is 13.0. The average Bonchev–Trinajstić information content (AvgIpc) is 3.16. The van der Waals surface area contributed by atoms with Crippen molar-refractivity contribution in [1.82, 2.24) is 25.1 Å². The second kappa shape index (κ2) is 9.46. The molecule has 0 radical (unpaired) electrons. The molecule has 14 heteroatoms. The third-order valence-electron chi connectivity index (χ3n) is 4.10. The number of carbonyl (C=O) groups excluding carboxylic acids is 1. The molecule has 1 N–H and O–H groups in total. The van der Waals surface area contributed by atoms with Crippen LogP contribution in [-0.4, -0.2) is 40.3 Å². The lowest BCUT2D eigenvalue weighted by molar-refractivity contribution is -0.137. The van der Waals surface area contributed by atoms with Crippen molar-refractivity contribution in [1.29, 1.82) is 0 Å². The third kappa shape index (κ3) is 5.78. The number of carbonyl (C=O) groups is 1. The maximum absolute atomic E-state index is 13.0. The van der Waals surface area contributed by atoms with Gasteiger partial charge in [-0.15, -0.1) is 0 Å². The first-order chi connectivity index (χ1) is 14.4. The molecule has 0 bridgehead atoms. The molecule has 0 spiro atoms. The Labute approximate surface area is 193 Å². The molecular formula is C18H17ClF3N5O3S2. The van der Waals surface area contributed by atoms with Gasteiger partial charge in [0.2, 0.25) is 0 Å². The van der Waals surface area contributed by atoms with Gasteiger partial charge in [-0.25, -0.2) is 18.4 Å². The van der Waals surface area contributed by atoms with Crippen LogP contribution in [0.5, 0.6) is 0 Å². The molecule has 2 heterocycles. The normalized spacial score (nSPS) is 12.7. The van der Waals surface area contributed by atoms with Crippen LogP contribution < -0.4 is 5.32 Å². The van der Waals surface area contributed by atoms with Gasteiger partial charge in [0, 0.05) is 16.8 Å². The van der Waals surface area contributed by atoms with Crippen molar-refractivity contribution in [3.05, 3.63) is 64.7 Å². The van der Waals surface area contributed by atoms with Gasteiger partial charge in [-0.3, -0.25) is 4.79 Å². The number of sulfone groups is 1. The number of amides is 1. The predicted molar refractivity (Wildman–Crippen MR) is 115 cm³/mol. The van der Waals surface area contributed by atoms with Gasteiger partial charge in [0.25, 0.3) is 5.91 Å². The van der Waals surface area contributed by atoms with Gasteiger partial charge in [-0.1, -0.05) is 17.7 Å². The Balaban J connectivity index is 0.00000363. The molecule has 0 saturated carbocycles. The molecular weight excluding hydrogens is 491 g/mol. The Morgan fingerprint density at radius 3 is 2.53 bits per heavy atom. The van der Waals surface area contributed by atoms with E-state index in [-0.39, 0.29) is 40.8 Å². The SMILES string of the molecule is C[C@H](NC(=O)c1cc(Cl)cc(C(F)(F)F)c1)c1ncnn1-c1cccc(S(C)(=O)=O)n1.S. The highest BCUT2D eigenvalue weighted by Gasteiger charge is 2.32. The molecule has 32 heavy (non-hydrogen) atoms. The minimum absolute atomic E-state index is 0. The summed E-state index contributed by atoms with van der Waals surface area (Å²) < 4.78 is 63.7. The number of nitrogens with one attached hydrogen (secondary N) is 1. The molecule has 3 aromatic rings. The van der Waals surface area contributed by atoms with Crippen molar-refractivity contribution in [2.24, 2.45) is 0 Å². The minimum Gasteiger partial charge on any atom is -0.342 e. The molecule has 1 atom stereocenters. The standard InChI is InChI=1S/C18H15ClF3N5O3S.H2S/c1-10(25-17(28)11-6-12(18(20,21)22)8-13(19)7-11)16-23-9-24-27(16)14-4-3-5-15(26-14)31(2,29)30;/h3-10H,1-2H3,(H,25,28);1H2/t10-;/m0./s1. The molecule has 0 saturated heterocycles. The van der Waals surface area contributed by atoms with Crippen LogP contribution in [0.25, 0.3) is 5.82 Å². The molecule has 1 aromatic carbocycles. The van der Waals surface area contributed by atoms with Crippen molar-refractivity contribution in [2.75, 3.05) is 6.26 Å². The lowest BCUT2D eigenvalue weighted by atomic mass is 10.1. The summed E-state index contributed by atoms with van der Waals surface area (Å²) in [5, 5.41) is 6.11. The van der Waals surface area contributed by atoms with E-state index in [1.807, 2.05) is 0 Å². The zero-order valence-electron chi connectivity index (χ0n) is 16.6. The van der Waals surface area contributed by atoms with Gasteiger partial charge in [-0.05, 0) is 37.3 Å². The Hall–Kier alpha value is -2.64. The van der Waals surface area contributed by atoms with Gasteiger partial charge in [-0.2, -0.15) is 36.4 Å². The fourth-order valence-electron chi connectivity index (χ4n) is 2.68. The monoisotopic (exact) mass is 507 g/mol. The van der Waals surface area contributed by atoms with E-state index in [1.165, 1.54) is 36.1 Å². The fourth-order valence-corrected chi connectivity index (χ4v) is 3.50. The summed E-state index contributed by atoms with van der Waals surface area (Å²) >= 11 is 5.73. The molecule has 2 aromatic heterocycles. The van der Waals surface area contributed by atoms with Gasteiger partial charge in [0.1, 0.15) is 6.33 Å². The van der Waals surface area contributed by atoms with Gasteiger partial charge in [0.05, 0.1) is 11.6 Å². The number of halogens is 4. The summed E-state index contributed by atoms with van der Waals surface area (Å²) in [4.78, 5) is 20.6.